The highest BCUT2D eigenvalue weighted by molar-refractivity contribution is 7.85. The minimum absolute atomic E-state index is 0.0807. The van der Waals surface area contributed by atoms with Crippen LogP contribution in [0, 0.1) is 0 Å². The van der Waals surface area contributed by atoms with Crippen molar-refractivity contribution in [1.82, 2.24) is 10.2 Å². The second-order valence-corrected chi connectivity index (χ2v) is 9.99. The molecule has 0 saturated heterocycles. The number of aromatic nitrogens is 2. The van der Waals surface area contributed by atoms with E-state index in [1.54, 1.807) is 6.20 Å². The molecule has 1 aliphatic carbocycles. The highest BCUT2D eigenvalue weighted by Crippen LogP contribution is 2.41. The van der Waals surface area contributed by atoms with Gasteiger partial charge in [0.1, 0.15) is 0 Å². The molecule has 0 saturated carbocycles. The predicted molar refractivity (Wildman–Crippen MR) is 117 cm³/mol. The van der Waals surface area contributed by atoms with E-state index in [2.05, 4.69) is 27.3 Å². The molecule has 0 amide bonds. The average Bonchev–Trinajstić information content (AvgIpc) is 2.95. The third kappa shape index (κ3) is 6.89. The monoisotopic (exact) mass is 478 g/mol. The minimum atomic E-state index is -3.67. The van der Waals surface area contributed by atoms with Crippen LogP contribution in [-0.2, 0) is 23.0 Å². The largest absolute Gasteiger partial charge is 0.369 e. The molecule has 0 aromatic carbocycles. The van der Waals surface area contributed by atoms with Crippen LogP contribution in [0.25, 0.3) is 0 Å². The summed E-state index contributed by atoms with van der Waals surface area (Å²) in [6.07, 6.45) is 4.69. The van der Waals surface area contributed by atoms with Gasteiger partial charge in [-0.2, -0.15) is 23.7 Å². The van der Waals surface area contributed by atoms with Crippen LogP contribution in [-0.4, -0.2) is 41.1 Å². The van der Waals surface area contributed by atoms with Gasteiger partial charge < -0.3 is 11.5 Å². The SMILES string of the molecule is CCc1cnnc2c1C(=NN=C(N)N)CC(c1cc(Cl)sc1Cl)C2.CS(=O)(=O)O. The van der Waals surface area contributed by atoms with Gasteiger partial charge in [-0.1, -0.05) is 30.1 Å². The van der Waals surface area contributed by atoms with Gasteiger partial charge >= 0.3 is 0 Å². The Hall–Kier alpha value is -1.79. The molecule has 0 fully saturated rings. The first-order valence-electron chi connectivity index (χ1n) is 8.36. The molecule has 0 radical (unpaired) electrons. The zero-order valence-corrected chi connectivity index (χ0v) is 18.8. The second kappa shape index (κ2) is 9.81. The summed E-state index contributed by atoms with van der Waals surface area (Å²) in [7, 11) is -3.67. The first kappa shape index (κ1) is 23.5. The molecule has 158 valence electrons. The molecule has 29 heavy (non-hydrogen) atoms. The number of halogens is 2. The van der Waals surface area contributed by atoms with E-state index >= 15 is 0 Å². The number of rotatable bonds is 3. The third-order valence-electron chi connectivity index (χ3n) is 3.96. The van der Waals surface area contributed by atoms with E-state index in [4.69, 9.17) is 39.2 Å². The van der Waals surface area contributed by atoms with Gasteiger partial charge in [-0.25, -0.2) is 0 Å². The van der Waals surface area contributed by atoms with Crippen molar-refractivity contribution in [3.05, 3.63) is 43.3 Å². The number of hydrogen-bond donors (Lipinski definition) is 3. The molecule has 1 atom stereocenters. The van der Waals surface area contributed by atoms with Crippen molar-refractivity contribution < 1.29 is 13.0 Å². The van der Waals surface area contributed by atoms with Crippen molar-refractivity contribution in [2.75, 3.05) is 6.26 Å². The van der Waals surface area contributed by atoms with Gasteiger partial charge in [0.2, 0.25) is 5.96 Å². The Bertz CT molecular complexity index is 1040. The maximum absolute atomic E-state index is 9.19. The summed E-state index contributed by atoms with van der Waals surface area (Å²) in [5, 5.41) is 16.5. The van der Waals surface area contributed by atoms with Crippen molar-refractivity contribution in [1.29, 1.82) is 0 Å². The molecule has 2 aromatic heterocycles. The number of nitrogens with two attached hydrogens (primary N) is 2. The van der Waals surface area contributed by atoms with Crippen LogP contribution in [0.1, 0.15) is 41.6 Å². The summed E-state index contributed by atoms with van der Waals surface area (Å²) in [5.41, 5.74) is 15.6. The Kier molecular flexibility index (Phi) is 7.94. The van der Waals surface area contributed by atoms with Gasteiger partial charge in [-0.15, -0.1) is 16.4 Å². The Balaban J connectivity index is 0.000000537. The number of thiophene rings is 1. The average molecular weight is 479 g/mol. The van der Waals surface area contributed by atoms with Gasteiger partial charge in [-0.3, -0.25) is 4.55 Å². The molecule has 0 bridgehead atoms. The van der Waals surface area contributed by atoms with E-state index in [1.165, 1.54) is 11.3 Å². The molecular weight excluding hydrogens is 459 g/mol. The van der Waals surface area contributed by atoms with Gasteiger partial charge in [0.05, 0.1) is 32.5 Å². The number of nitrogens with zero attached hydrogens (tertiary/aromatic N) is 4. The molecule has 1 unspecified atom stereocenters. The van der Waals surface area contributed by atoms with E-state index in [0.717, 1.165) is 40.9 Å². The number of aryl methyl sites for hydroxylation is 1. The summed E-state index contributed by atoms with van der Waals surface area (Å²) >= 11 is 13.8. The first-order valence-corrected chi connectivity index (χ1v) is 11.8. The van der Waals surface area contributed by atoms with E-state index in [9.17, 15) is 8.42 Å². The second-order valence-electron chi connectivity index (χ2n) is 6.23. The molecule has 2 heterocycles. The fourth-order valence-electron chi connectivity index (χ4n) is 2.93. The molecule has 5 N–H and O–H groups in total. The van der Waals surface area contributed by atoms with Crippen LogP contribution < -0.4 is 11.5 Å². The van der Waals surface area contributed by atoms with Crippen molar-refractivity contribution in [2.45, 2.75) is 32.1 Å². The van der Waals surface area contributed by atoms with Crippen molar-refractivity contribution in [3.8, 4) is 0 Å². The standard InChI is InChI=1S/C15H16Cl2N6S.CH4O3S/c1-2-7-6-20-21-10-3-8(9-5-12(16)24-14(9)17)4-11(13(7)10)22-23-15(18)19;1-5(2,3)4/h5-6,8H,2-4H2,1H3,(H4,18,19,23);1H3,(H,2,3,4). The lowest BCUT2D eigenvalue weighted by Gasteiger charge is -2.25. The molecule has 0 spiro atoms. The third-order valence-corrected chi connectivity index (χ3v) is 5.48. The molecule has 1 aliphatic rings. The highest BCUT2D eigenvalue weighted by atomic mass is 35.5. The summed E-state index contributed by atoms with van der Waals surface area (Å²) in [6, 6.07) is 1.90. The number of fused-ring (bicyclic) bond motifs is 1. The predicted octanol–water partition coefficient (Wildman–Crippen LogP) is 2.62. The Morgan fingerprint density at radius 2 is 2.03 bits per heavy atom. The number of hydrogen-bond acceptors (Lipinski definition) is 7. The lowest BCUT2D eigenvalue weighted by atomic mass is 9.80. The van der Waals surface area contributed by atoms with Gasteiger partial charge in [0.25, 0.3) is 10.1 Å². The maximum Gasteiger partial charge on any atom is 0.261 e. The Morgan fingerprint density at radius 3 is 2.55 bits per heavy atom. The molecular formula is C16H20Cl2N6O3S2. The van der Waals surface area contributed by atoms with Gasteiger partial charge in [-0.05, 0) is 42.4 Å². The normalized spacial score (nSPS) is 17.3. The molecule has 3 rings (SSSR count). The van der Waals surface area contributed by atoms with Crippen molar-refractivity contribution in [2.24, 2.45) is 21.7 Å². The quantitative estimate of drug-likeness (QED) is 0.264. The van der Waals surface area contributed by atoms with E-state index in [-0.39, 0.29) is 11.9 Å². The number of guanidine groups is 1. The summed E-state index contributed by atoms with van der Waals surface area (Å²) < 4.78 is 27.2. The fourth-order valence-corrected chi connectivity index (χ4v) is 4.56. The van der Waals surface area contributed by atoms with Crippen LogP contribution in [0.5, 0.6) is 0 Å². The van der Waals surface area contributed by atoms with Crippen LogP contribution >= 0.6 is 34.5 Å². The highest BCUT2D eigenvalue weighted by Gasteiger charge is 2.30. The first-order chi connectivity index (χ1) is 13.5. The summed E-state index contributed by atoms with van der Waals surface area (Å²) in [5.74, 6) is 0.0333. The maximum atomic E-state index is 9.19. The summed E-state index contributed by atoms with van der Waals surface area (Å²) in [4.78, 5) is 0. The van der Waals surface area contributed by atoms with Gasteiger partial charge in [0, 0.05) is 5.56 Å². The zero-order valence-electron chi connectivity index (χ0n) is 15.6. The van der Waals surface area contributed by atoms with E-state index in [0.29, 0.717) is 21.3 Å². The lowest BCUT2D eigenvalue weighted by molar-refractivity contribution is 0.490. The van der Waals surface area contributed by atoms with Crippen LogP contribution in [0.3, 0.4) is 0 Å². The van der Waals surface area contributed by atoms with Gasteiger partial charge in [0.15, 0.2) is 0 Å². The Labute approximate surface area is 182 Å². The van der Waals surface area contributed by atoms with Crippen LogP contribution in [0.2, 0.25) is 8.67 Å². The van der Waals surface area contributed by atoms with Crippen LogP contribution in [0.15, 0.2) is 22.5 Å². The van der Waals surface area contributed by atoms with Crippen LogP contribution in [0.4, 0.5) is 0 Å². The Morgan fingerprint density at radius 1 is 1.38 bits per heavy atom. The molecule has 2 aromatic rings. The van der Waals surface area contributed by atoms with Crippen molar-refractivity contribution >= 4 is 56.3 Å². The summed E-state index contributed by atoms with van der Waals surface area (Å²) in [6.45, 7) is 2.07. The zero-order chi connectivity index (χ0) is 21.8. The molecule has 0 aliphatic heterocycles. The minimum Gasteiger partial charge on any atom is -0.369 e. The van der Waals surface area contributed by atoms with E-state index in [1.807, 2.05) is 6.07 Å². The van der Waals surface area contributed by atoms with Crippen molar-refractivity contribution in [3.63, 3.8) is 0 Å². The lowest BCUT2D eigenvalue weighted by Crippen LogP contribution is -2.25. The van der Waals surface area contributed by atoms with E-state index < -0.39 is 10.1 Å². The fraction of sp³-hybridized carbons (Fsp3) is 0.375. The molecule has 9 nitrogen and oxygen atoms in total. The molecule has 13 heteroatoms. The smallest absolute Gasteiger partial charge is 0.261 e. The topological polar surface area (TPSA) is 157 Å².